The van der Waals surface area contributed by atoms with Gasteiger partial charge in [0, 0.05) is 26.3 Å². The first-order valence-electron chi connectivity index (χ1n) is 5.45. The van der Waals surface area contributed by atoms with E-state index in [-0.39, 0.29) is 0 Å². The van der Waals surface area contributed by atoms with Crippen LogP contribution in [0.4, 0.5) is 0 Å². The fourth-order valence-corrected chi connectivity index (χ4v) is 1.81. The minimum atomic E-state index is -0.458. The Hall–Kier alpha value is -1.38. The van der Waals surface area contributed by atoms with Crippen LogP contribution in [-0.2, 0) is 6.54 Å². The Labute approximate surface area is 119 Å². The van der Waals surface area contributed by atoms with Gasteiger partial charge in [-0.05, 0) is 41.1 Å². The lowest BCUT2D eigenvalue weighted by Crippen LogP contribution is -2.30. The molecule has 0 bridgehead atoms. The van der Waals surface area contributed by atoms with Crippen LogP contribution in [0.5, 0.6) is 0 Å². The first-order chi connectivity index (χ1) is 8.56. The standard InChI is InChI=1S/C11H15IN4O2/c1-3-15(11(13-2)8-16(17)18)7-9-4-5-10(12)14-6-9/h4-6,8,13H,3,7H2,1-2H3. The summed E-state index contributed by atoms with van der Waals surface area (Å²) in [6, 6.07) is 3.89. The largest absolute Gasteiger partial charge is 0.370 e. The van der Waals surface area contributed by atoms with Crippen molar-refractivity contribution in [3.63, 3.8) is 0 Å². The molecule has 18 heavy (non-hydrogen) atoms. The second-order valence-electron chi connectivity index (χ2n) is 3.55. The molecule has 1 heterocycles. The Morgan fingerprint density at radius 1 is 1.67 bits per heavy atom. The summed E-state index contributed by atoms with van der Waals surface area (Å²) in [5.74, 6) is 0.487. The molecule has 0 radical (unpaired) electrons. The summed E-state index contributed by atoms with van der Waals surface area (Å²) in [6.45, 7) is 3.21. The van der Waals surface area contributed by atoms with Crippen LogP contribution in [0.1, 0.15) is 12.5 Å². The smallest absolute Gasteiger partial charge is 0.274 e. The number of aromatic nitrogens is 1. The van der Waals surface area contributed by atoms with Crippen molar-refractivity contribution in [1.82, 2.24) is 15.2 Å². The van der Waals surface area contributed by atoms with E-state index in [0.717, 1.165) is 15.5 Å². The molecular formula is C11H15IN4O2. The minimum Gasteiger partial charge on any atom is -0.370 e. The van der Waals surface area contributed by atoms with Gasteiger partial charge in [-0.3, -0.25) is 10.1 Å². The lowest BCUT2D eigenvalue weighted by atomic mass is 10.2. The number of nitro groups is 1. The van der Waals surface area contributed by atoms with E-state index in [1.165, 1.54) is 0 Å². The number of pyridine rings is 1. The van der Waals surface area contributed by atoms with Gasteiger partial charge in [0.05, 0.1) is 4.92 Å². The molecule has 98 valence electrons. The van der Waals surface area contributed by atoms with Crippen LogP contribution < -0.4 is 5.32 Å². The Morgan fingerprint density at radius 3 is 2.83 bits per heavy atom. The molecule has 0 saturated carbocycles. The van der Waals surface area contributed by atoms with Gasteiger partial charge in [0.25, 0.3) is 6.20 Å². The van der Waals surface area contributed by atoms with E-state index in [2.05, 4.69) is 32.9 Å². The van der Waals surface area contributed by atoms with Gasteiger partial charge < -0.3 is 10.2 Å². The predicted molar refractivity (Wildman–Crippen MR) is 77.2 cm³/mol. The molecule has 0 saturated heterocycles. The highest BCUT2D eigenvalue weighted by molar-refractivity contribution is 14.1. The third-order valence-electron chi connectivity index (χ3n) is 2.37. The molecule has 7 heteroatoms. The normalized spacial score (nSPS) is 11.2. The molecule has 1 rings (SSSR count). The van der Waals surface area contributed by atoms with Crippen LogP contribution in [0, 0.1) is 13.8 Å². The average molecular weight is 362 g/mol. The Balaban J connectivity index is 2.83. The van der Waals surface area contributed by atoms with Crippen LogP contribution in [-0.4, -0.2) is 28.4 Å². The third kappa shape index (κ3) is 4.47. The average Bonchev–Trinajstić information content (AvgIpc) is 2.35. The molecule has 1 aromatic heterocycles. The third-order valence-corrected chi connectivity index (χ3v) is 3.01. The monoisotopic (exact) mass is 362 g/mol. The molecule has 0 fully saturated rings. The van der Waals surface area contributed by atoms with Crippen LogP contribution in [0.2, 0.25) is 0 Å². The lowest BCUT2D eigenvalue weighted by molar-refractivity contribution is -0.404. The van der Waals surface area contributed by atoms with Crippen LogP contribution in [0.15, 0.2) is 30.4 Å². The Kier molecular flexibility index (Phi) is 5.83. The quantitative estimate of drug-likeness (QED) is 0.362. The molecule has 0 spiro atoms. The minimum absolute atomic E-state index is 0.458. The number of halogens is 1. The van der Waals surface area contributed by atoms with E-state index < -0.39 is 4.92 Å². The molecular weight excluding hydrogens is 347 g/mol. The fourth-order valence-electron chi connectivity index (χ4n) is 1.49. The molecule has 1 N–H and O–H groups in total. The summed E-state index contributed by atoms with van der Waals surface area (Å²) in [7, 11) is 1.67. The van der Waals surface area contributed by atoms with Gasteiger partial charge in [0.1, 0.15) is 3.70 Å². The SMILES string of the molecule is CCN(Cc1ccc(I)nc1)C(=C[N+](=O)[O-])NC. The van der Waals surface area contributed by atoms with Crippen LogP contribution in [0.25, 0.3) is 0 Å². The van der Waals surface area contributed by atoms with Gasteiger partial charge in [-0.1, -0.05) is 6.07 Å². The number of hydrogen-bond acceptors (Lipinski definition) is 5. The summed E-state index contributed by atoms with van der Waals surface area (Å²) in [4.78, 5) is 16.2. The number of hydrogen-bond donors (Lipinski definition) is 1. The topological polar surface area (TPSA) is 71.3 Å². The molecule has 0 aliphatic carbocycles. The summed E-state index contributed by atoms with van der Waals surface area (Å²) in [5, 5.41) is 13.4. The second kappa shape index (κ2) is 7.14. The van der Waals surface area contributed by atoms with Crippen molar-refractivity contribution in [2.75, 3.05) is 13.6 Å². The molecule has 0 unspecified atom stereocenters. The summed E-state index contributed by atoms with van der Waals surface area (Å²) in [6.07, 6.45) is 2.76. The molecule has 0 aromatic carbocycles. The molecule has 0 atom stereocenters. The van der Waals surface area contributed by atoms with E-state index in [0.29, 0.717) is 18.9 Å². The Morgan fingerprint density at radius 2 is 2.39 bits per heavy atom. The van der Waals surface area contributed by atoms with Gasteiger partial charge in [0.2, 0.25) is 0 Å². The van der Waals surface area contributed by atoms with Crippen molar-refractivity contribution >= 4 is 22.6 Å². The van der Waals surface area contributed by atoms with E-state index in [9.17, 15) is 10.1 Å². The molecule has 6 nitrogen and oxygen atoms in total. The zero-order valence-corrected chi connectivity index (χ0v) is 12.4. The van der Waals surface area contributed by atoms with Gasteiger partial charge >= 0.3 is 0 Å². The van der Waals surface area contributed by atoms with Crippen molar-refractivity contribution in [3.05, 3.63) is 49.7 Å². The van der Waals surface area contributed by atoms with Crippen molar-refractivity contribution in [1.29, 1.82) is 0 Å². The predicted octanol–water partition coefficient (Wildman–Crippen LogP) is 1.80. The summed E-state index contributed by atoms with van der Waals surface area (Å²) in [5.41, 5.74) is 1.02. The number of rotatable bonds is 6. The van der Waals surface area contributed by atoms with Crippen LogP contribution >= 0.6 is 22.6 Å². The summed E-state index contributed by atoms with van der Waals surface area (Å²) < 4.78 is 0.925. The van der Waals surface area contributed by atoms with E-state index in [1.807, 2.05) is 24.0 Å². The van der Waals surface area contributed by atoms with Crippen molar-refractivity contribution in [2.24, 2.45) is 0 Å². The van der Waals surface area contributed by atoms with Crippen molar-refractivity contribution in [2.45, 2.75) is 13.5 Å². The zero-order valence-electron chi connectivity index (χ0n) is 10.3. The maximum Gasteiger partial charge on any atom is 0.274 e. The van der Waals surface area contributed by atoms with Crippen molar-refractivity contribution < 1.29 is 4.92 Å². The van der Waals surface area contributed by atoms with E-state index in [4.69, 9.17) is 0 Å². The fraction of sp³-hybridized carbons (Fsp3) is 0.364. The molecule has 0 amide bonds. The van der Waals surface area contributed by atoms with E-state index in [1.54, 1.807) is 13.2 Å². The lowest BCUT2D eigenvalue weighted by Gasteiger charge is -2.23. The van der Waals surface area contributed by atoms with E-state index >= 15 is 0 Å². The molecule has 0 aliphatic heterocycles. The van der Waals surface area contributed by atoms with Crippen molar-refractivity contribution in [3.8, 4) is 0 Å². The van der Waals surface area contributed by atoms with Gasteiger partial charge in [-0.2, -0.15) is 0 Å². The highest BCUT2D eigenvalue weighted by atomic mass is 127. The molecule has 1 aromatic rings. The van der Waals surface area contributed by atoms with Gasteiger partial charge in [-0.15, -0.1) is 0 Å². The summed E-state index contributed by atoms with van der Waals surface area (Å²) >= 11 is 2.14. The van der Waals surface area contributed by atoms with Crippen LogP contribution in [0.3, 0.4) is 0 Å². The number of nitrogens with zero attached hydrogens (tertiary/aromatic N) is 3. The second-order valence-corrected chi connectivity index (χ2v) is 4.66. The number of nitrogens with one attached hydrogen (secondary N) is 1. The highest BCUT2D eigenvalue weighted by Crippen LogP contribution is 2.09. The first-order valence-corrected chi connectivity index (χ1v) is 6.53. The first kappa shape index (κ1) is 14.7. The molecule has 0 aliphatic rings. The maximum absolute atomic E-state index is 10.5. The maximum atomic E-state index is 10.5. The zero-order chi connectivity index (χ0) is 13.5. The van der Waals surface area contributed by atoms with Gasteiger partial charge in [-0.25, -0.2) is 4.98 Å². The highest BCUT2D eigenvalue weighted by Gasteiger charge is 2.10. The van der Waals surface area contributed by atoms with Gasteiger partial charge in [0.15, 0.2) is 5.82 Å². The Bertz CT molecular complexity index is 433.